The lowest BCUT2D eigenvalue weighted by atomic mass is 10.2. The zero-order valence-electron chi connectivity index (χ0n) is 19.6. The van der Waals surface area contributed by atoms with Crippen molar-refractivity contribution in [2.24, 2.45) is 0 Å². The number of amides is 2. The Kier molecular flexibility index (Phi) is 9.00. The number of carbonyl (C=O) groups excluding carboxylic acids is 2. The van der Waals surface area contributed by atoms with Gasteiger partial charge in [0.25, 0.3) is 5.91 Å². The summed E-state index contributed by atoms with van der Waals surface area (Å²) in [7, 11) is 0. The fraction of sp³-hybridized carbons (Fsp3) is 0.333. The smallest absolute Gasteiger partial charge is 0.264 e. The van der Waals surface area contributed by atoms with Gasteiger partial charge in [0.2, 0.25) is 5.91 Å². The molecule has 0 aliphatic carbocycles. The fourth-order valence-electron chi connectivity index (χ4n) is 4.02. The number of carbonyl (C=O) groups is 2. The summed E-state index contributed by atoms with van der Waals surface area (Å²) >= 11 is 1.42. The van der Waals surface area contributed by atoms with E-state index >= 15 is 0 Å². The van der Waals surface area contributed by atoms with Gasteiger partial charge in [-0.05, 0) is 34.7 Å². The lowest BCUT2D eigenvalue weighted by Gasteiger charge is -2.35. The Hall–Kier alpha value is -3.07. The predicted molar refractivity (Wildman–Crippen MR) is 135 cm³/mol. The van der Waals surface area contributed by atoms with Crippen LogP contribution in [-0.2, 0) is 22.7 Å². The third kappa shape index (κ3) is 7.45. The van der Waals surface area contributed by atoms with Crippen LogP contribution in [0.25, 0.3) is 0 Å². The van der Waals surface area contributed by atoms with Gasteiger partial charge in [0.15, 0.2) is 0 Å². The van der Waals surface area contributed by atoms with Crippen LogP contribution in [0.2, 0.25) is 0 Å². The molecule has 1 aliphatic rings. The first-order valence-electron chi connectivity index (χ1n) is 11.8. The molecule has 1 fully saturated rings. The van der Waals surface area contributed by atoms with E-state index in [0.29, 0.717) is 44.2 Å². The fourth-order valence-corrected chi connectivity index (χ4v) is 4.71. The van der Waals surface area contributed by atoms with Gasteiger partial charge < -0.3 is 14.5 Å². The van der Waals surface area contributed by atoms with Crippen molar-refractivity contribution in [2.75, 3.05) is 45.9 Å². The number of benzene rings is 2. The van der Waals surface area contributed by atoms with Gasteiger partial charge in [-0.1, -0.05) is 48.5 Å². The van der Waals surface area contributed by atoms with Gasteiger partial charge in [0.05, 0.1) is 11.5 Å². The molecule has 0 bridgehead atoms. The Morgan fingerprint density at radius 3 is 2.34 bits per heavy atom. The molecule has 2 amide bonds. The molecule has 0 saturated carbocycles. The van der Waals surface area contributed by atoms with Gasteiger partial charge in [-0.25, -0.2) is 4.39 Å². The summed E-state index contributed by atoms with van der Waals surface area (Å²) in [6, 6.07) is 19.8. The zero-order valence-corrected chi connectivity index (χ0v) is 20.5. The molecule has 0 radical (unpaired) electrons. The van der Waals surface area contributed by atoms with Crippen LogP contribution in [-0.4, -0.2) is 72.4 Å². The van der Waals surface area contributed by atoms with Crippen LogP contribution in [0.5, 0.6) is 0 Å². The average Bonchev–Trinajstić information content (AvgIpc) is 3.43. The standard InChI is InChI=1S/C27H30FN3O3S/c28-24-10-8-22(9-11-24)19-31(27(33)25-7-4-18-35-25)17-14-29-12-15-30(16-13-29)26(32)21-34-20-23-5-2-1-3-6-23/h1-11,18H,12-17,19-21H2. The number of piperazine rings is 1. The van der Waals surface area contributed by atoms with E-state index in [4.69, 9.17) is 4.74 Å². The lowest BCUT2D eigenvalue weighted by molar-refractivity contribution is -0.138. The minimum atomic E-state index is -0.289. The van der Waals surface area contributed by atoms with E-state index in [1.807, 2.05) is 57.6 Å². The largest absolute Gasteiger partial charge is 0.367 e. The molecule has 0 unspecified atom stereocenters. The molecule has 4 rings (SSSR count). The summed E-state index contributed by atoms with van der Waals surface area (Å²) < 4.78 is 18.9. The van der Waals surface area contributed by atoms with Gasteiger partial charge in [0.1, 0.15) is 12.4 Å². The Bertz CT molecular complexity index is 1070. The summed E-state index contributed by atoms with van der Waals surface area (Å²) in [5.41, 5.74) is 1.94. The second-order valence-electron chi connectivity index (χ2n) is 8.53. The third-order valence-corrected chi connectivity index (χ3v) is 6.91. The molecule has 3 aromatic rings. The third-order valence-electron chi connectivity index (χ3n) is 6.05. The van der Waals surface area contributed by atoms with E-state index < -0.39 is 0 Å². The van der Waals surface area contributed by atoms with Crippen LogP contribution in [0.3, 0.4) is 0 Å². The molecule has 0 spiro atoms. The number of hydrogen-bond acceptors (Lipinski definition) is 5. The Balaban J connectivity index is 1.24. The second kappa shape index (κ2) is 12.6. The monoisotopic (exact) mass is 495 g/mol. The highest BCUT2D eigenvalue weighted by Gasteiger charge is 2.23. The normalized spacial score (nSPS) is 14.1. The molecular weight excluding hydrogens is 465 g/mol. The van der Waals surface area contributed by atoms with E-state index in [2.05, 4.69) is 4.90 Å². The van der Waals surface area contributed by atoms with Gasteiger partial charge in [-0.15, -0.1) is 11.3 Å². The van der Waals surface area contributed by atoms with Gasteiger partial charge in [-0.2, -0.15) is 0 Å². The molecule has 0 atom stereocenters. The number of halogens is 1. The summed E-state index contributed by atoms with van der Waals surface area (Å²) in [5, 5.41) is 1.89. The average molecular weight is 496 g/mol. The molecule has 8 heteroatoms. The van der Waals surface area contributed by atoms with Crippen LogP contribution in [0.1, 0.15) is 20.8 Å². The van der Waals surface area contributed by atoms with Crippen LogP contribution in [0, 0.1) is 5.82 Å². The molecule has 1 aromatic heterocycles. The molecular formula is C27H30FN3O3S. The van der Waals surface area contributed by atoms with E-state index in [9.17, 15) is 14.0 Å². The van der Waals surface area contributed by atoms with Crippen LogP contribution in [0.4, 0.5) is 4.39 Å². The molecule has 184 valence electrons. The number of thiophene rings is 1. The number of ether oxygens (including phenoxy) is 1. The first-order chi connectivity index (χ1) is 17.1. The molecule has 2 heterocycles. The summed E-state index contributed by atoms with van der Waals surface area (Å²) in [4.78, 5) is 32.2. The maximum atomic E-state index is 13.3. The van der Waals surface area contributed by atoms with E-state index in [0.717, 1.165) is 24.2 Å². The van der Waals surface area contributed by atoms with Gasteiger partial charge in [-0.3, -0.25) is 14.5 Å². The van der Waals surface area contributed by atoms with Crippen molar-refractivity contribution in [3.63, 3.8) is 0 Å². The first kappa shape index (κ1) is 25.0. The molecule has 1 aliphatic heterocycles. The van der Waals surface area contributed by atoms with Crippen molar-refractivity contribution < 1.29 is 18.7 Å². The van der Waals surface area contributed by atoms with E-state index in [-0.39, 0.29) is 24.2 Å². The topological polar surface area (TPSA) is 53.1 Å². The van der Waals surface area contributed by atoms with Gasteiger partial charge in [0, 0.05) is 45.8 Å². The van der Waals surface area contributed by atoms with Crippen molar-refractivity contribution >= 4 is 23.2 Å². The van der Waals surface area contributed by atoms with Crippen LogP contribution < -0.4 is 0 Å². The van der Waals surface area contributed by atoms with Crippen molar-refractivity contribution in [1.82, 2.24) is 14.7 Å². The molecule has 0 N–H and O–H groups in total. The zero-order chi connectivity index (χ0) is 24.5. The highest BCUT2D eigenvalue weighted by molar-refractivity contribution is 7.12. The van der Waals surface area contributed by atoms with Crippen molar-refractivity contribution in [3.8, 4) is 0 Å². The molecule has 6 nitrogen and oxygen atoms in total. The van der Waals surface area contributed by atoms with Crippen LogP contribution in [0.15, 0.2) is 72.1 Å². The Labute approximate surface area is 209 Å². The van der Waals surface area contributed by atoms with E-state index in [1.165, 1.54) is 23.5 Å². The maximum Gasteiger partial charge on any atom is 0.264 e. The lowest BCUT2D eigenvalue weighted by Crippen LogP contribution is -2.51. The van der Waals surface area contributed by atoms with Crippen molar-refractivity contribution in [1.29, 1.82) is 0 Å². The molecule has 1 saturated heterocycles. The maximum absolute atomic E-state index is 13.3. The Morgan fingerprint density at radius 1 is 0.914 bits per heavy atom. The number of hydrogen-bond donors (Lipinski definition) is 0. The van der Waals surface area contributed by atoms with Crippen LogP contribution >= 0.6 is 11.3 Å². The number of nitrogens with zero attached hydrogens (tertiary/aromatic N) is 3. The quantitative estimate of drug-likeness (QED) is 0.428. The Morgan fingerprint density at radius 2 is 1.66 bits per heavy atom. The molecule has 2 aromatic carbocycles. The van der Waals surface area contributed by atoms with Crippen molar-refractivity contribution in [3.05, 3.63) is 93.9 Å². The first-order valence-corrected chi connectivity index (χ1v) is 12.7. The molecule has 35 heavy (non-hydrogen) atoms. The number of rotatable bonds is 10. The highest BCUT2D eigenvalue weighted by Crippen LogP contribution is 2.16. The SMILES string of the molecule is O=C(COCc1ccccc1)N1CCN(CCN(Cc2ccc(F)cc2)C(=O)c2cccs2)CC1. The van der Waals surface area contributed by atoms with Gasteiger partial charge >= 0.3 is 0 Å². The summed E-state index contributed by atoms with van der Waals surface area (Å²) in [6.07, 6.45) is 0. The predicted octanol–water partition coefficient (Wildman–Crippen LogP) is 3.89. The van der Waals surface area contributed by atoms with Crippen molar-refractivity contribution in [2.45, 2.75) is 13.2 Å². The summed E-state index contributed by atoms with van der Waals surface area (Å²) in [6.45, 7) is 4.99. The summed E-state index contributed by atoms with van der Waals surface area (Å²) in [5.74, 6) is -0.303. The minimum Gasteiger partial charge on any atom is -0.367 e. The second-order valence-corrected chi connectivity index (χ2v) is 9.48. The highest BCUT2D eigenvalue weighted by atomic mass is 32.1. The van der Waals surface area contributed by atoms with E-state index in [1.54, 1.807) is 12.1 Å². The minimum absolute atomic E-state index is 0.00592.